The minimum absolute atomic E-state index is 0.208. The summed E-state index contributed by atoms with van der Waals surface area (Å²) >= 11 is 0. The molecule has 0 spiro atoms. The van der Waals surface area contributed by atoms with Gasteiger partial charge in [-0.2, -0.15) is 0 Å². The molecular weight excluding hydrogens is 420 g/mol. The molecule has 31 heavy (non-hydrogen) atoms. The van der Waals surface area contributed by atoms with Crippen LogP contribution in [-0.2, 0) is 21.2 Å². The second kappa shape index (κ2) is 10.9. The van der Waals surface area contributed by atoms with Crippen molar-refractivity contribution in [2.24, 2.45) is 0 Å². The van der Waals surface area contributed by atoms with Crippen molar-refractivity contribution in [3.63, 3.8) is 0 Å². The number of methoxy groups -OCH3 is 2. The highest BCUT2D eigenvalue weighted by atomic mass is 32.2. The van der Waals surface area contributed by atoms with E-state index in [1.54, 1.807) is 38.5 Å². The molecule has 2 rings (SSSR count). The molecule has 1 amide bonds. The van der Waals surface area contributed by atoms with Crippen LogP contribution in [0.15, 0.2) is 42.5 Å². The second-order valence-corrected chi connectivity index (χ2v) is 8.98. The van der Waals surface area contributed by atoms with E-state index in [0.29, 0.717) is 42.3 Å². The van der Waals surface area contributed by atoms with Crippen molar-refractivity contribution in [3.8, 4) is 17.2 Å². The number of rotatable bonds is 11. The van der Waals surface area contributed by atoms with Crippen LogP contribution in [-0.4, -0.2) is 54.5 Å². The molecule has 8 nitrogen and oxygen atoms in total. The number of benzene rings is 2. The van der Waals surface area contributed by atoms with Gasteiger partial charge in [0.25, 0.3) is 5.91 Å². The number of nitrogens with zero attached hydrogens (tertiary/aromatic N) is 1. The van der Waals surface area contributed by atoms with E-state index in [-0.39, 0.29) is 5.91 Å². The van der Waals surface area contributed by atoms with Gasteiger partial charge in [-0.3, -0.25) is 9.10 Å². The number of hydrogen-bond acceptors (Lipinski definition) is 6. The van der Waals surface area contributed by atoms with Gasteiger partial charge in [-0.1, -0.05) is 13.0 Å². The molecule has 0 aromatic heterocycles. The minimum atomic E-state index is -3.34. The van der Waals surface area contributed by atoms with Gasteiger partial charge in [0.1, 0.15) is 5.75 Å². The Morgan fingerprint density at radius 3 is 2.26 bits per heavy atom. The SMILES string of the molecule is CC[C@H](Oc1ccc(N(C)S(C)(=O)=O)cc1)C(=O)NCCc1ccc(OC)c(OC)c1. The van der Waals surface area contributed by atoms with Gasteiger partial charge < -0.3 is 19.5 Å². The van der Waals surface area contributed by atoms with Gasteiger partial charge in [-0.15, -0.1) is 0 Å². The summed E-state index contributed by atoms with van der Waals surface area (Å²) in [5, 5.41) is 2.89. The van der Waals surface area contributed by atoms with Crippen LogP contribution in [0.1, 0.15) is 18.9 Å². The Balaban J connectivity index is 1.92. The summed E-state index contributed by atoms with van der Waals surface area (Å²) in [5.74, 6) is 1.59. The summed E-state index contributed by atoms with van der Waals surface area (Å²) in [6.45, 7) is 2.32. The number of anilines is 1. The first kappa shape index (κ1) is 24.3. The van der Waals surface area contributed by atoms with Crippen molar-refractivity contribution in [1.29, 1.82) is 0 Å². The topological polar surface area (TPSA) is 94.2 Å². The summed E-state index contributed by atoms with van der Waals surface area (Å²) in [5.41, 5.74) is 1.53. The Morgan fingerprint density at radius 2 is 1.71 bits per heavy atom. The fourth-order valence-electron chi connectivity index (χ4n) is 2.89. The molecule has 0 heterocycles. The molecule has 2 aromatic carbocycles. The molecule has 1 atom stereocenters. The number of amides is 1. The third kappa shape index (κ3) is 6.78. The largest absolute Gasteiger partial charge is 0.493 e. The number of ether oxygens (including phenoxy) is 3. The lowest BCUT2D eigenvalue weighted by Crippen LogP contribution is -2.38. The number of carbonyl (C=O) groups excluding carboxylic acids is 1. The Hall–Kier alpha value is -2.94. The van der Waals surface area contributed by atoms with Gasteiger partial charge in [0, 0.05) is 13.6 Å². The molecule has 0 aliphatic rings. The average Bonchev–Trinajstić information content (AvgIpc) is 2.76. The molecule has 0 saturated carbocycles. The van der Waals surface area contributed by atoms with Crippen molar-refractivity contribution < 1.29 is 27.4 Å². The summed E-state index contributed by atoms with van der Waals surface area (Å²) in [4.78, 5) is 12.5. The van der Waals surface area contributed by atoms with Crippen molar-refractivity contribution in [2.45, 2.75) is 25.9 Å². The van der Waals surface area contributed by atoms with E-state index in [1.807, 2.05) is 25.1 Å². The predicted molar refractivity (Wildman–Crippen MR) is 121 cm³/mol. The fraction of sp³-hybridized carbons (Fsp3) is 0.409. The maximum Gasteiger partial charge on any atom is 0.261 e. The summed E-state index contributed by atoms with van der Waals surface area (Å²) in [7, 11) is 1.31. The van der Waals surface area contributed by atoms with Crippen LogP contribution in [0, 0.1) is 0 Å². The molecule has 0 unspecified atom stereocenters. The monoisotopic (exact) mass is 450 g/mol. The first-order valence-electron chi connectivity index (χ1n) is 9.88. The van der Waals surface area contributed by atoms with Crippen LogP contribution < -0.4 is 23.8 Å². The molecule has 0 fully saturated rings. The smallest absolute Gasteiger partial charge is 0.261 e. The zero-order valence-corrected chi connectivity index (χ0v) is 19.4. The minimum Gasteiger partial charge on any atom is -0.493 e. The molecule has 2 aromatic rings. The molecule has 0 bridgehead atoms. The standard InChI is InChI=1S/C22H30N2O6S/c1-6-19(30-18-10-8-17(9-11-18)24(2)31(5,26)27)22(25)23-14-13-16-7-12-20(28-3)21(15-16)29-4/h7-12,15,19H,6,13-14H2,1-5H3,(H,23,25)/t19-/m0/s1. The highest BCUT2D eigenvalue weighted by Crippen LogP contribution is 2.27. The number of carbonyl (C=O) groups is 1. The molecule has 0 aliphatic carbocycles. The second-order valence-electron chi connectivity index (χ2n) is 6.97. The van der Waals surface area contributed by atoms with Crippen molar-refractivity contribution >= 4 is 21.6 Å². The van der Waals surface area contributed by atoms with E-state index < -0.39 is 16.1 Å². The van der Waals surface area contributed by atoms with E-state index in [1.165, 1.54) is 11.4 Å². The van der Waals surface area contributed by atoms with Crippen molar-refractivity contribution in [1.82, 2.24) is 5.32 Å². The number of hydrogen-bond donors (Lipinski definition) is 1. The van der Waals surface area contributed by atoms with Gasteiger partial charge in [0.15, 0.2) is 17.6 Å². The third-order valence-corrected chi connectivity index (χ3v) is 6.01. The first-order chi connectivity index (χ1) is 14.7. The van der Waals surface area contributed by atoms with Gasteiger partial charge in [-0.25, -0.2) is 8.42 Å². The quantitative estimate of drug-likeness (QED) is 0.566. The van der Waals surface area contributed by atoms with Crippen LogP contribution in [0.3, 0.4) is 0 Å². The molecule has 9 heteroatoms. The normalized spacial score (nSPS) is 12.0. The van der Waals surface area contributed by atoms with E-state index in [9.17, 15) is 13.2 Å². The highest BCUT2D eigenvalue weighted by molar-refractivity contribution is 7.92. The van der Waals surface area contributed by atoms with Gasteiger partial charge in [0.2, 0.25) is 10.0 Å². The van der Waals surface area contributed by atoms with E-state index in [2.05, 4.69) is 5.32 Å². The van der Waals surface area contributed by atoms with Crippen LogP contribution >= 0.6 is 0 Å². The third-order valence-electron chi connectivity index (χ3n) is 4.80. The Bertz CT molecular complexity index is 976. The highest BCUT2D eigenvalue weighted by Gasteiger charge is 2.18. The average molecular weight is 451 g/mol. The van der Waals surface area contributed by atoms with E-state index >= 15 is 0 Å². The molecule has 0 radical (unpaired) electrons. The Morgan fingerprint density at radius 1 is 1.06 bits per heavy atom. The summed E-state index contributed by atoms with van der Waals surface area (Å²) in [6.07, 6.45) is 1.61. The summed E-state index contributed by atoms with van der Waals surface area (Å²) in [6, 6.07) is 12.2. The zero-order valence-electron chi connectivity index (χ0n) is 18.5. The lowest BCUT2D eigenvalue weighted by Gasteiger charge is -2.19. The molecular formula is C22H30N2O6S. The van der Waals surface area contributed by atoms with Crippen LogP contribution in [0.25, 0.3) is 0 Å². The predicted octanol–water partition coefficient (Wildman–Crippen LogP) is 2.62. The Kier molecular flexibility index (Phi) is 8.56. The molecule has 170 valence electrons. The van der Waals surface area contributed by atoms with Crippen LogP contribution in [0.2, 0.25) is 0 Å². The van der Waals surface area contributed by atoms with E-state index in [4.69, 9.17) is 14.2 Å². The van der Waals surface area contributed by atoms with E-state index in [0.717, 1.165) is 11.8 Å². The van der Waals surface area contributed by atoms with Crippen molar-refractivity contribution in [3.05, 3.63) is 48.0 Å². The molecule has 0 saturated heterocycles. The maximum atomic E-state index is 12.5. The molecule has 1 N–H and O–H groups in total. The Labute approximate surface area is 184 Å². The van der Waals surface area contributed by atoms with Crippen LogP contribution in [0.5, 0.6) is 17.2 Å². The van der Waals surface area contributed by atoms with Crippen LogP contribution in [0.4, 0.5) is 5.69 Å². The number of sulfonamides is 1. The van der Waals surface area contributed by atoms with Crippen molar-refractivity contribution in [2.75, 3.05) is 38.4 Å². The molecule has 0 aliphatic heterocycles. The maximum absolute atomic E-state index is 12.5. The fourth-order valence-corrected chi connectivity index (χ4v) is 3.40. The van der Waals surface area contributed by atoms with Gasteiger partial charge in [0.05, 0.1) is 26.2 Å². The zero-order chi connectivity index (χ0) is 23.0. The van der Waals surface area contributed by atoms with Gasteiger partial charge >= 0.3 is 0 Å². The lowest BCUT2D eigenvalue weighted by atomic mass is 10.1. The number of nitrogens with one attached hydrogen (secondary N) is 1. The first-order valence-corrected chi connectivity index (χ1v) is 11.7. The van der Waals surface area contributed by atoms with Gasteiger partial charge in [-0.05, 0) is 54.8 Å². The lowest BCUT2D eigenvalue weighted by molar-refractivity contribution is -0.128. The summed E-state index contributed by atoms with van der Waals surface area (Å²) < 4.78 is 40.8.